The van der Waals surface area contributed by atoms with Gasteiger partial charge in [0.05, 0.1) is 6.54 Å². The van der Waals surface area contributed by atoms with E-state index in [9.17, 15) is 4.79 Å². The predicted molar refractivity (Wildman–Crippen MR) is 68.8 cm³/mol. The summed E-state index contributed by atoms with van der Waals surface area (Å²) in [5, 5.41) is 11.9. The largest absolute Gasteiger partial charge is 0.396 e. The average molecular weight is 242 g/mol. The number of carbonyl (C=O) groups excluding carboxylic acids is 1. The second kappa shape index (κ2) is 7.67. The number of amides is 1. The topological polar surface area (TPSA) is 52.6 Å². The Morgan fingerprint density at radius 3 is 3.00 bits per heavy atom. The van der Waals surface area contributed by atoms with E-state index in [1.807, 2.05) is 6.92 Å². The van der Waals surface area contributed by atoms with Crippen LogP contribution < -0.4 is 5.32 Å². The van der Waals surface area contributed by atoms with Gasteiger partial charge in [0.25, 0.3) is 0 Å². The quantitative estimate of drug-likeness (QED) is 0.704. The van der Waals surface area contributed by atoms with Gasteiger partial charge in [-0.25, -0.2) is 0 Å². The highest BCUT2D eigenvalue weighted by Gasteiger charge is 2.25. The highest BCUT2D eigenvalue weighted by molar-refractivity contribution is 5.78. The number of likely N-dealkylation sites (tertiary alicyclic amines) is 1. The minimum absolute atomic E-state index is 0.134. The van der Waals surface area contributed by atoms with Gasteiger partial charge in [0.1, 0.15) is 0 Å². The van der Waals surface area contributed by atoms with E-state index in [-0.39, 0.29) is 18.6 Å². The Hall–Kier alpha value is -0.610. The molecule has 2 atom stereocenters. The highest BCUT2D eigenvalue weighted by atomic mass is 16.2. The number of rotatable bonds is 7. The molecule has 1 aliphatic heterocycles. The first-order valence-corrected chi connectivity index (χ1v) is 6.81. The molecule has 0 aromatic carbocycles. The van der Waals surface area contributed by atoms with Crippen molar-refractivity contribution in [3.8, 4) is 0 Å². The molecule has 1 aliphatic rings. The molecule has 1 heterocycles. The molecule has 1 saturated heterocycles. The minimum atomic E-state index is 0.134. The molecule has 100 valence electrons. The first kappa shape index (κ1) is 14.5. The van der Waals surface area contributed by atoms with E-state index in [0.29, 0.717) is 12.6 Å². The lowest BCUT2D eigenvalue weighted by atomic mass is 10.1. The second-order valence-corrected chi connectivity index (χ2v) is 5.01. The molecular weight excluding hydrogens is 216 g/mol. The number of hydrogen-bond donors (Lipinski definition) is 2. The van der Waals surface area contributed by atoms with Crippen molar-refractivity contribution >= 4 is 5.91 Å². The van der Waals surface area contributed by atoms with Crippen LogP contribution in [0.1, 0.15) is 46.0 Å². The van der Waals surface area contributed by atoms with Gasteiger partial charge in [0.15, 0.2) is 0 Å². The van der Waals surface area contributed by atoms with E-state index in [1.165, 1.54) is 6.42 Å². The number of hydrogen-bond acceptors (Lipinski definition) is 3. The number of carbonyl (C=O) groups is 1. The lowest BCUT2D eigenvalue weighted by Crippen LogP contribution is -2.42. The predicted octanol–water partition coefficient (Wildman–Crippen LogP) is 1.14. The first-order chi connectivity index (χ1) is 8.17. The molecule has 0 aromatic heterocycles. The van der Waals surface area contributed by atoms with Gasteiger partial charge in [0, 0.05) is 18.7 Å². The van der Waals surface area contributed by atoms with Gasteiger partial charge in [-0.1, -0.05) is 6.92 Å². The molecule has 1 fully saturated rings. The van der Waals surface area contributed by atoms with Crippen LogP contribution in [-0.2, 0) is 4.79 Å². The minimum Gasteiger partial charge on any atom is -0.396 e. The number of nitrogens with one attached hydrogen (secondary N) is 1. The summed E-state index contributed by atoms with van der Waals surface area (Å²) in [6.07, 6.45) is 5.16. The van der Waals surface area contributed by atoms with Gasteiger partial charge in [-0.05, 0) is 45.6 Å². The van der Waals surface area contributed by atoms with Crippen LogP contribution in [0.15, 0.2) is 0 Å². The molecule has 0 aliphatic carbocycles. The van der Waals surface area contributed by atoms with Crippen molar-refractivity contribution in [1.82, 2.24) is 10.2 Å². The maximum absolute atomic E-state index is 11.8. The smallest absolute Gasteiger partial charge is 0.234 e. The van der Waals surface area contributed by atoms with Crippen molar-refractivity contribution in [1.29, 1.82) is 0 Å². The molecule has 1 amide bonds. The summed E-state index contributed by atoms with van der Waals surface area (Å²) in [5.74, 6) is 0.134. The summed E-state index contributed by atoms with van der Waals surface area (Å²) in [7, 11) is 0. The van der Waals surface area contributed by atoms with Crippen LogP contribution in [0.5, 0.6) is 0 Å². The molecule has 4 heteroatoms. The Balaban J connectivity index is 2.31. The number of aliphatic hydroxyl groups excluding tert-OH is 1. The summed E-state index contributed by atoms with van der Waals surface area (Å²) in [6, 6.07) is 0.755. The molecule has 17 heavy (non-hydrogen) atoms. The maximum atomic E-state index is 11.8. The monoisotopic (exact) mass is 242 g/mol. The van der Waals surface area contributed by atoms with Gasteiger partial charge in [-0.2, -0.15) is 0 Å². The van der Waals surface area contributed by atoms with Crippen molar-refractivity contribution in [2.45, 2.75) is 58.0 Å². The summed E-state index contributed by atoms with van der Waals surface area (Å²) in [4.78, 5) is 14.0. The van der Waals surface area contributed by atoms with Crippen LogP contribution >= 0.6 is 0 Å². The molecule has 4 nitrogen and oxygen atoms in total. The van der Waals surface area contributed by atoms with E-state index in [2.05, 4.69) is 17.1 Å². The molecule has 1 rings (SSSR count). The van der Waals surface area contributed by atoms with Gasteiger partial charge < -0.3 is 10.4 Å². The summed E-state index contributed by atoms with van der Waals surface area (Å²) in [5.41, 5.74) is 0. The fourth-order valence-corrected chi connectivity index (χ4v) is 2.36. The van der Waals surface area contributed by atoms with Crippen molar-refractivity contribution in [2.75, 3.05) is 19.7 Å². The average Bonchev–Trinajstić information content (AvgIpc) is 2.73. The maximum Gasteiger partial charge on any atom is 0.234 e. The SMILES string of the molecule is CCC(C)NC(=O)CN1CCCC1CCCO. The van der Waals surface area contributed by atoms with Gasteiger partial charge >= 0.3 is 0 Å². The molecule has 2 N–H and O–H groups in total. The summed E-state index contributed by atoms with van der Waals surface area (Å²) in [6.45, 7) is 5.89. The Morgan fingerprint density at radius 2 is 2.35 bits per heavy atom. The Labute approximate surface area is 104 Å². The molecule has 0 aromatic rings. The van der Waals surface area contributed by atoms with Crippen molar-refractivity contribution < 1.29 is 9.90 Å². The molecule has 0 spiro atoms. The third-order valence-electron chi connectivity index (χ3n) is 3.56. The number of nitrogens with zero attached hydrogens (tertiary/aromatic N) is 1. The highest BCUT2D eigenvalue weighted by Crippen LogP contribution is 2.20. The zero-order valence-electron chi connectivity index (χ0n) is 11.1. The molecule has 0 saturated carbocycles. The van der Waals surface area contributed by atoms with E-state index < -0.39 is 0 Å². The lowest BCUT2D eigenvalue weighted by molar-refractivity contribution is -0.123. The van der Waals surface area contributed by atoms with Crippen LogP contribution in [-0.4, -0.2) is 47.7 Å². The van der Waals surface area contributed by atoms with Crippen LogP contribution in [0.3, 0.4) is 0 Å². The lowest BCUT2D eigenvalue weighted by Gasteiger charge is -2.24. The van der Waals surface area contributed by atoms with E-state index in [4.69, 9.17) is 5.11 Å². The van der Waals surface area contributed by atoms with Crippen molar-refractivity contribution in [3.05, 3.63) is 0 Å². The Kier molecular flexibility index (Phi) is 6.52. The Bertz CT molecular complexity index is 233. The van der Waals surface area contributed by atoms with Crippen LogP contribution in [0.2, 0.25) is 0 Å². The molecular formula is C13H26N2O2. The van der Waals surface area contributed by atoms with Gasteiger partial charge in [-0.15, -0.1) is 0 Å². The van der Waals surface area contributed by atoms with Gasteiger partial charge in [0.2, 0.25) is 5.91 Å². The standard InChI is InChI=1S/C13H26N2O2/c1-3-11(2)14-13(17)10-15-8-4-6-12(15)7-5-9-16/h11-12,16H,3-10H2,1-2H3,(H,14,17). The van der Waals surface area contributed by atoms with Crippen LogP contribution in [0.25, 0.3) is 0 Å². The van der Waals surface area contributed by atoms with E-state index in [1.54, 1.807) is 0 Å². The third-order valence-corrected chi connectivity index (χ3v) is 3.56. The molecule has 0 radical (unpaired) electrons. The fourth-order valence-electron chi connectivity index (χ4n) is 2.36. The summed E-state index contributed by atoms with van der Waals surface area (Å²) >= 11 is 0. The number of aliphatic hydroxyl groups is 1. The second-order valence-electron chi connectivity index (χ2n) is 5.01. The Morgan fingerprint density at radius 1 is 1.59 bits per heavy atom. The zero-order chi connectivity index (χ0) is 12.7. The van der Waals surface area contributed by atoms with Gasteiger partial charge in [-0.3, -0.25) is 9.69 Å². The molecule has 2 unspecified atom stereocenters. The molecule has 0 bridgehead atoms. The fraction of sp³-hybridized carbons (Fsp3) is 0.923. The third kappa shape index (κ3) is 5.04. The zero-order valence-corrected chi connectivity index (χ0v) is 11.1. The van der Waals surface area contributed by atoms with E-state index in [0.717, 1.165) is 32.2 Å². The first-order valence-electron chi connectivity index (χ1n) is 6.81. The van der Waals surface area contributed by atoms with Crippen molar-refractivity contribution in [2.24, 2.45) is 0 Å². The normalized spacial score (nSPS) is 22.6. The summed E-state index contributed by atoms with van der Waals surface area (Å²) < 4.78 is 0. The van der Waals surface area contributed by atoms with E-state index >= 15 is 0 Å². The van der Waals surface area contributed by atoms with Crippen LogP contribution in [0.4, 0.5) is 0 Å². The van der Waals surface area contributed by atoms with Crippen molar-refractivity contribution in [3.63, 3.8) is 0 Å². The van der Waals surface area contributed by atoms with Crippen LogP contribution in [0, 0.1) is 0 Å².